The lowest BCUT2D eigenvalue weighted by molar-refractivity contribution is -0.0535. The first-order valence-electron chi connectivity index (χ1n) is 13.0. The molecule has 0 amide bonds. The number of nitrogen functional groups attached to an aromatic ring is 2. The van der Waals surface area contributed by atoms with Gasteiger partial charge in [-0.25, -0.2) is 19.1 Å². The second-order valence-electron chi connectivity index (χ2n) is 10.0. The summed E-state index contributed by atoms with van der Waals surface area (Å²) in [5.74, 6) is 0.160. The highest BCUT2D eigenvalue weighted by atomic mass is 35.5. The molecule has 3 aliphatic rings. The van der Waals surface area contributed by atoms with Crippen molar-refractivity contribution in [3.05, 3.63) is 23.2 Å². The Labute approximate surface area is 272 Å². The number of imidazole rings is 2. The van der Waals surface area contributed by atoms with Gasteiger partial charge in [-0.15, -0.1) is 0 Å². The molecule has 4 aromatic heterocycles. The van der Waals surface area contributed by atoms with Gasteiger partial charge >= 0.3 is 13.6 Å². The van der Waals surface area contributed by atoms with Crippen molar-refractivity contribution in [1.82, 2.24) is 39.0 Å². The van der Waals surface area contributed by atoms with Crippen LogP contribution in [0, 0.1) is 5.69 Å². The number of thiol groups is 1. The third-order valence-electron chi connectivity index (χ3n) is 7.28. The molecule has 7 heterocycles. The maximum absolute atomic E-state index is 13.7. The molecule has 0 saturated carbocycles. The molecular formula is C21H22Cl2N10O8P2S2. The van der Waals surface area contributed by atoms with Gasteiger partial charge in [-0.05, 0) is 34.0 Å². The summed E-state index contributed by atoms with van der Waals surface area (Å²) in [6, 6.07) is 0. The average molecular weight is 739 g/mol. The summed E-state index contributed by atoms with van der Waals surface area (Å²) >= 11 is 16.2. The Kier molecular flexibility index (Phi) is 8.26. The van der Waals surface area contributed by atoms with Gasteiger partial charge in [-0.3, -0.25) is 27.2 Å². The zero-order chi connectivity index (χ0) is 31.7. The van der Waals surface area contributed by atoms with Crippen LogP contribution in [0.15, 0.2) is 12.7 Å². The largest absolute Gasteiger partial charge is 0.418 e. The van der Waals surface area contributed by atoms with Crippen LogP contribution in [0.2, 0.25) is 10.6 Å². The third kappa shape index (κ3) is 6.05. The van der Waals surface area contributed by atoms with Crippen LogP contribution in [0.4, 0.5) is 11.6 Å². The highest BCUT2D eigenvalue weighted by Crippen LogP contribution is 2.61. The van der Waals surface area contributed by atoms with Crippen LogP contribution in [0.25, 0.3) is 22.3 Å². The van der Waals surface area contributed by atoms with E-state index >= 15 is 0 Å². The van der Waals surface area contributed by atoms with E-state index in [2.05, 4.69) is 42.2 Å². The van der Waals surface area contributed by atoms with E-state index in [-0.39, 0.29) is 48.3 Å². The molecule has 4 N–H and O–H groups in total. The Balaban J connectivity index is 1.15. The highest BCUT2D eigenvalue weighted by molar-refractivity contribution is 8.48. The topological polar surface area (TPSA) is 229 Å². The SMILES string of the molecule is C#S[P@]1(=O)OC[C@H]2O[C@@H](n3cnc4c(N)nc(Cl)nc43)CC2O[P@](=O)(S)OC[C@H]2O[C@@H](n3cnc4c(N)nc(Cl)nc43)CC2O1. The summed E-state index contributed by atoms with van der Waals surface area (Å²) in [5, 5.41) is -0.177. The smallest absolute Gasteiger partial charge is 0.382 e. The normalized spacial score (nSPS) is 34.3. The zero-order valence-corrected chi connectivity index (χ0v) is 27.5. The number of fused-ring (bicyclic) bond motifs is 4. The number of hydrogen-bond donors (Lipinski definition) is 3. The lowest BCUT2D eigenvalue weighted by Crippen LogP contribution is -2.31. The van der Waals surface area contributed by atoms with Gasteiger partial charge in [-0.1, -0.05) is 17.9 Å². The van der Waals surface area contributed by atoms with Crippen molar-refractivity contribution in [2.24, 2.45) is 0 Å². The Morgan fingerprint density at radius 2 is 1.31 bits per heavy atom. The molecule has 3 aliphatic heterocycles. The first kappa shape index (κ1) is 31.4. The standard InChI is InChI=1S/C21H22Cl2N10O8P2S2/c1-45-43(35)37-5-11-8(2-12(39-11)32-6-26-14-16(24)28-20(22)30-18(14)32)40-42(34,44)36-4-10-9(41-43)3-13(38-10)33-7-27-15-17(25)29-21(23)31-19(15)33/h1,6-13H,2-5H2,(H,34,44)(H2,24,28,30)(H2,25,29,31)/t8?,9?,10-,11-,12-,13-,42-,43-/m1/s1. The predicted molar refractivity (Wildman–Crippen MR) is 165 cm³/mol. The van der Waals surface area contributed by atoms with Crippen LogP contribution in [-0.2, 0) is 36.7 Å². The molecule has 240 valence electrons. The molecule has 0 aliphatic carbocycles. The fourth-order valence-electron chi connectivity index (χ4n) is 5.29. The van der Waals surface area contributed by atoms with Crippen LogP contribution in [0.5, 0.6) is 0 Å². The Bertz CT molecular complexity index is 1960. The van der Waals surface area contributed by atoms with E-state index in [0.29, 0.717) is 33.1 Å². The molecule has 24 heteroatoms. The Hall–Kier alpha value is -2.15. The molecule has 2 unspecified atom stereocenters. The summed E-state index contributed by atoms with van der Waals surface area (Å²) in [6.45, 7) is -8.72. The Morgan fingerprint density at radius 1 is 0.822 bits per heavy atom. The van der Waals surface area contributed by atoms with Crippen LogP contribution in [0.3, 0.4) is 0 Å². The van der Waals surface area contributed by atoms with Gasteiger partial charge in [0.1, 0.15) is 47.9 Å². The van der Waals surface area contributed by atoms with Crippen LogP contribution < -0.4 is 11.5 Å². The maximum atomic E-state index is 13.7. The lowest BCUT2D eigenvalue weighted by Gasteiger charge is -2.27. The molecule has 3 saturated heterocycles. The van der Waals surface area contributed by atoms with Crippen LogP contribution in [0.1, 0.15) is 25.3 Å². The molecule has 4 aromatic rings. The van der Waals surface area contributed by atoms with Crippen LogP contribution >= 0.6 is 59.8 Å². The molecule has 0 radical (unpaired) electrons. The van der Waals surface area contributed by atoms with Gasteiger partial charge in [0.2, 0.25) is 10.6 Å². The number of ether oxygens (including phenoxy) is 2. The number of halogens is 2. The van der Waals surface area contributed by atoms with E-state index in [1.807, 2.05) is 0 Å². The molecule has 7 rings (SSSR count). The highest BCUT2D eigenvalue weighted by Gasteiger charge is 2.47. The average Bonchev–Trinajstić information content (AvgIpc) is 3.75. The van der Waals surface area contributed by atoms with Crippen molar-refractivity contribution in [2.75, 3.05) is 24.7 Å². The first-order chi connectivity index (χ1) is 21.4. The van der Waals surface area contributed by atoms with Gasteiger partial charge in [0.05, 0.1) is 25.9 Å². The number of rotatable bonds is 2. The lowest BCUT2D eigenvalue weighted by atomic mass is 10.2. The minimum atomic E-state index is -4.04. The van der Waals surface area contributed by atoms with E-state index in [1.165, 1.54) is 12.7 Å². The molecule has 0 spiro atoms. The summed E-state index contributed by atoms with van der Waals surface area (Å²) in [6.07, 6.45) is -2.10. The summed E-state index contributed by atoms with van der Waals surface area (Å²) in [4.78, 5) is 24.7. The molecule has 18 nitrogen and oxygen atoms in total. The van der Waals surface area contributed by atoms with Crippen molar-refractivity contribution >= 4 is 93.8 Å². The zero-order valence-electron chi connectivity index (χ0n) is 22.5. The van der Waals surface area contributed by atoms with E-state index in [1.54, 1.807) is 9.13 Å². The van der Waals surface area contributed by atoms with Gasteiger partial charge in [0.25, 0.3) is 0 Å². The third-order valence-corrected chi connectivity index (χ3v) is 11.9. The monoisotopic (exact) mass is 738 g/mol. The van der Waals surface area contributed by atoms with Gasteiger partial charge in [-0.2, -0.15) is 19.9 Å². The fraction of sp³-hybridized carbons (Fsp3) is 0.476. The predicted octanol–water partition coefficient (Wildman–Crippen LogP) is 4.00. The maximum Gasteiger partial charge on any atom is 0.418 e. The molecule has 3 fully saturated rings. The molecule has 8 atom stereocenters. The van der Waals surface area contributed by atoms with Crippen molar-refractivity contribution in [3.63, 3.8) is 0 Å². The van der Waals surface area contributed by atoms with E-state index in [0.717, 1.165) is 0 Å². The number of nitrogens with two attached hydrogens (primary N) is 2. The quantitative estimate of drug-likeness (QED) is 0.150. The van der Waals surface area contributed by atoms with Crippen LogP contribution in [-0.4, -0.2) is 76.7 Å². The van der Waals surface area contributed by atoms with E-state index < -0.39 is 50.5 Å². The summed E-state index contributed by atoms with van der Waals surface area (Å²) in [7, 11) is 0.404. The molecular weight excluding hydrogens is 717 g/mol. The second-order valence-corrected chi connectivity index (χ2v) is 17.1. The number of nitrogens with zero attached hydrogens (tertiary/aromatic N) is 8. The minimum Gasteiger partial charge on any atom is -0.382 e. The van der Waals surface area contributed by atoms with E-state index in [4.69, 9.17) is 67.9 Å². The Morgan fingerprint density at radius 3 is 1.82 bits per heavy atom. The number of hydrogen-bond acceptors (Lipinski definition) is 16. The minimum absolute atomic E-state index is 0.0795. The molecule has 0 aromatic carbocycles. The second kappa shape index (κ2) is 11.8. The van der Waals surface area contributed by atoms with Crippen molar-refractivity contribution in [2.45, 2.75) is 49.7 Å². The first-order valence-corrected chi connectivity index (χ1v) is 19.5. The molecule has 0 bridgehead atoms. The van der Waals surface area contributed by atoms with Crippen molar-refractivity contribution in [1.29, 1.82) is 0 Å². The van der Waals surface area contributed by atoms with E-state index in [9.17, 15) is 9.13 Å². The van der Waals surface area contributed by atoms with Crippen molar-refractivity contribution < 1.29 is 36.7 Å². The van der Waals surface area contributed by atoms with Gasteiger partial charge < -0.3 is 20.9 Å². The fourth-order valence-corrected chi connectivity index (χ4v) is 9.06. The van der Waals surface area contributed by atoms with Crippen molar-refractivity contribution in [3.8, 4) is 5.69 Å². The summed E-state index contributed by atoms with van der Waals surface area (Å²) < 4.78 is 65.9. The number of aromatic nitrogens is 8. The number of anilines is 2. The molecule has 45 heavy (non-hydrogen) atoms. The van der Waals surface area contributed by atoms with Gasteiger partial charge in [0.15, 0.2) is 22.9 Å². The summed E-state index contributed by atoms with van der Waals surface area (Å²) in [5.41, 5.74) is 18.9. The van der Waals surface area contributed by atoms with Gasteiger partial charge in [0, 0.05) is 12.8 Å².